The molecule has 0 amide bonds. The number of aromatic nitrogens is 1. The molecule has 1 unspecified atom stereocenters. The zero-order valence-electron chi connectivity index (χ0n) is 11.1. The Bertz CT molecular complexity index is 545. The molecule has 0 saturated carbocycles. The van der Waals surface area contributed by atoms with Crippen molar-refractivity contribution in [2.75, 3.05) is 13.7 Å². The van der Waals surface area contributed by atoms with E-state index in [1.54, 1.807) is 13.3 Å². The van der Waals surface area contributed by atoms with Crippen LogP contribution in [0.3, 0.4) is 0 Å². The largest absolute Gasteiger partial charge is 0.496 e. The Hall–Kier alpha value is -1.39. The Morgan fingerprint density at radius 1 is 1.32 bits per heavy atom. The Labute approximate surface area is 122 Å². The van der Waals surface area contributed by atoms with Gasteiger partial charge in [0.1, 0.15) is 5.75 Å². The van der Waals surface area contributed by atoms with Crippen molar-refractivity contribution in [3.8, 4) is 5.75 Å². The summed E-state index contributed by atoms with van der Waals surface area (Å²) in [6, 6.07) is 10.2. The number of nitrogens with zero attached hydrogens (tertiary/aromatic N) is 1. The molecule has 0 saturated heterocycles. The zero-order valence-corrected chi connectivity index (χ0v) is 12.6. The van der Waals surface area contributed by atoms with E-state index in [0.29, 0.717) is 0 Å². The molecule has 0 aliphatic carbocycles. The summed E-state index contributed by atoms with van der Waals surface area (Å²) < 4.78 is 6.43. The van der Waals surface area contributed by atoms with Gasteiger partial charge >= 0.3 is 0 Å². The molecule has 0 radical (unpaired) electrons. The van der Waals surface area contributed by atoms with Gasteiger partial charge in [0.25, 0.3) is 0 Å². The van der Waals surface area contributed by atoms with Crippen molar-refractivity contribution < 1.29 is 4.74 Å². The maximum atomic E-state index is 5.45. The zero-order chi connectivity index (χ0) is 13.7. The van der Waals surface area contributed by atoms with E-state index in [0.717, 1.165) is 27.9 Å². The Morgan fingerprint density at radius 3 is 2.79 bits per heavy atom. The summed E-state index contributed by atoms with van der Waals surface area (Å²) in [7, 11) is 1.70. The van der Waals surface area contributed by atoms with Crippen LogP contribution in [0.1, 0.15) is 24.1 Å². The molecule has 3 nitrogen and oxygen atoms in total. The van der Waals surface area contributed by atoms with Crippen molar-refractivity contribution in [2.45, 2.75) is 13.0 Å². The fourth-order valence-electron chi connectivity index (χ4n) is 2.10. The van der Waals surface area contributed by atoms with Gasteiger partial charge in [0, 0.05) is 22.4 Å². The summed E-state index contributed by atoms with van der Waals surface area (Å²) in [5, 5.41) is 3.48. The SMILES string of the molecule is CCNC(c1cncc(Br)c1)c1ccccc1OC. The van der Waals surface area contributed by atoms with E-state index in [9.17, 15) is 0 Å². The number of para-hydroxylation sites is 1. The molecular weight excluding hydrogens is 304 g/mol. The molecule has 0 spiro atoms. The van der Waals surface area contributed by atoms with Gasteiger partial charge in [-0.2, -0.15) is 0 Å². The third-order valence-electron chi connectivity index (χ3n) is 2.92. The molecule has 19 heavy (non-hydrogen) atoms. The Kier molecular flexibility index (Phi) is 4.93. The van der Waals surface area contributed by atoms with Crippen LogP contribution in [-0.2, 0) is 0 Å². The molecule has 1 heterocycles. The van der Waals surface area contributed by atoms with Crippen LogP contribution in [0.4, 0.5) is 0 Å². The average Bonchev–Trinajstić information content (AvgIpc) is 2.45. The Morgan fingerprint density at radius 2 is 2.11 bits per heavy atom. The second-order valence-corrected chi connectivity index (χ2v) is 5.08. The lowest BCUT2D eigenvalue weighted by Crippen LogP contribution is -2.22. The number of nitrogens with one attached hydrogen (secondary N) is 1. The highest BCUT2D eigenvalue weighted by Crippen LogP contribution is 2.30. The molecule has 0 fully saturated rings. The van der Waals surface area contributed by atoms with E-state index >= 15 is 0 Å². The fourth-order valence-corrected chi connectivity index (χ4v) is 2.49. The van der Waals surface area contributed by atoms with Crippen LogP contribution in [0.5, 0.6) is 5.75 Å². The second-order valence-electron chi connectivity index (χ2n) is 4.17. The number of pyridine rings is 1. The van der Waals surface area contributed by atoms with Crippen LogP contribution in [-0.4, -0.2) is 18.6 Å². The smallest absolute Gasteiger partial charge is 0.123 e. The van der Waals surface area contributed by atoms with E-state index in [1.165, 1.54) is 0 Å². The summed E-state index contributed by atoms with van der Waals surface area (Å²) >= 11 is 3.47. The molecule has 1 aromatic heterocycles. The van der Waals surface area contributed by atoms with Crippen LogP contribution >= 0.6 is 15.9 Å². The lowest BCUT2D eigenvalue weighted by Gasteiger charge is -2.21. The number of hydrogen-bond donors (Lipinski definition) is 1. The second kappa shape index (κ2) is 6.68. The monoisotopic (exact) mass is 320 g/mol. The van der Waals surface area contributed by atoms with Crippen LogP contribution in [0, 0.1) is 0 Å². The normalized spacial score (nSPS) is 12.2. The molecule has 2 aromatic rings. The molecular formula is C15H17BrN2O. The summed E-state index contributed by atoms with van der Waals surface area (Å²) in [5.74, 6) is 0.883. The van der Waals surface area contributed by atoms with E-state index in [1.807, 2.05) is 24.4 Å². The molecule has 1 atom stereocenters. The number of ether oxygens (including phenoxy) is 1. The van der Waals surface area contributed by atoms with E-state index in [4.69, 9.17) is 4.74 Å². The summed E-state index contributed by atoms with van der Waals surface area (Å²) in [5.41, 5.74) is 2.23. The standard InChI is InChI=1S/C15H17BrN2O/c1-3-18-15(11-8-12(16)10-17-9-11)13-6-4-5-7-14(13)19-2/h4-10,15,18H,3H2,1-2H3. The maximum absolute atomic E-state index is 5.45. The van der Waals surface area contributed by atoms with Gasteiger partial charge in [-0.05, 0) is 40.2 Å². The van der Waals surface area contributed by atoms with Gasteiger partial charge in [-0.15, -0.1) is 0 Å². The van der Waals surface area contributed by atoms with Gasteiger partial charge in [0.15, 0.2) is 0 Å². The minimum absolute atomic E-state index is 0.0751. The molecule has 0 aliphatic rings. The fraction of sp³-hybridized carbons (Fsp3) is 0.267. The first kappa shape index (κ1) is 14.0. The summed E-state index contributed by atoms with van der Waals surface area (Å²) in [6.07, 6.45) is 3.67. The highest BCUT2D eigenvalue weighted by atomic mass is 79.9. The first-order chi connectivity index (χ1) is 9.26. The first-order valence-corrected chi connectivity index (χ1v) is 7.02. The minimum Gasteiger partial charge on any atom is -0.496 e. The van der Waals surface area contributed by atoms with Gasteiger partial charge < -0.3 is 10.1 Å². The van der Waals surface area contributed by atoms with Crippen molar-refractivity contribution >= 4 is 15.9 Å². The van der Waals surface area contributed by atoms with Gasteiger partial charge in [0.05, 0.1) is 13.2 Å². The van der Waals surface area contributed by atoms with Crippen molar-refractivity contribution in [1.82, 2.24) is 10.3 Å². The average molecular weight is 321 g/mol. The maximum Gasteiger partial charge on any atom is 0.123 e. The number of rotatable bonds is 5. The van der Waals surface area contributed by atoms with Crippen molar-refractivity contribution in [2.24, 2.45) is 0 Å². The van der Waals surface area contributed by atoms with Crippen molar-refractivity contribution in [1.29, 1.82) is 0 Å². The minimum atomic E-state index is 0.0751. The molecule has 2 rings (SSSR count). The van der Waals surface area contributed by atoms with Crippen molar-refractivity contribution in [3.63, 3.8) is 0 Å². The van der Waals surface area contributed by atoms with Crippen LogP contribution in [0.2, 0.25) is 0 Å². The van der Waals surface area contributed by atoms with Gasteiger partial charge in [-0.3, -0.25) is 4.98 Å². The van der Waals surface area contributed by atoms with Crippen molar-refractivity contribution in [3.05, 3.63) is 58.3 Å². The highest BCUT2D eigenvalue weighted by molar-refractivity contribution is 9.10. The van der Waals surface area contributed by atoms with Crippen LogP contribution < -0.4 is 10.1 Å². The predicted octanol–water partition coefficient (Wildman–Crippen LogP) is 3.55. The number of halogens is 1. The number of hydrogen-bond acceptors (Lipinski definition) is 3. The van der Waals surface area contributed by atoms with Gasteiger partial charge in [-0.25, -0.2) is 0 Å². The van der Waals surface area contributed by atoms with E-state index in [2.05, 4.69) is 45.3 Å². The third-order valence-corrected chi connectivity index (χ3v) is 3.35. The third kappa shape index (κ3) is 3.33. The first-order valence-electron chi connectivity index (χ1n) is 6.23. The molecule has 4 heteroatoms. The van der Waals surface area contributed by atoms with Crippen LogP contribution in [0.15, 0.2) is 47.2 Å². The lowest BCUT2D eigenvalue weighted by atomic mass is 9.99. The number of methoxy groups -OCH3 is 1. The van der Waals surface area contributed by atoms with E-state index < -0.39 is 0 Å². The summed E-state index contributed by atoms with van der Waals surface area (Å²) in [4.78, 5) is 4.24. The Balaban J connectivity index is 2.45. The molecule has 1 N–H and O–H groups in total. The molecule has 1 aromatic carbocycles. The van der Waals surface area contributed by atoms with Crippen LogP contribution in [0.25, 0.3) is 0 Å². The topological polar surface area (TPSA) is 34.2 Å². The van der Waals surface area contributed by atoms with E-state index in [-0.39, 0.29) is 6.04 Å². The molecule has 0 bridgehead atoms. The highest BCUT2D eigenvalue weighted by Gasteiger charge is 2.17. The predicted molar refractivity (Wildman–Crippen MR) is 80.5 cm³/mol. The summed E-state index contributed by atoms with van der Waals surface area (Å²) in [6.45, 7) is 2.96. The van der Waals surface area contributed by atoms with Gasteiger partial charge in [0.2, 0.25) is 0 Å². The lowest BCUT2D eigenvalue weighted by molar-refractivity contribution is 0.404. The molecule has 100 valence electrons. The van der Waals surface area contributed by atoms with Gasteiger partial charge in [-0.1, -0.05) is 25.1 Å². The molecule has 0 aliphatic heterocycles. The number of benzene rings is 1. The quantitative estimate of drug-likeness (QED) is 0.914.